The van der Waals surface area contributed by atoms with Gasteiger partial charge >= 0.3 is 0 Å². The van der Waals surface area contributed by atoms with Crippen LogP contribution in [-0.2, 0) is 0 Å². The van der Waals surface area contributed by atoms with Crippen LogP contribution in [0.15, 0.2) is 42.7 Å². The van der Waals surface area contributed by atoms with Gasteiger partial charge in [-0.05, 0) is 24.3 Å². The SMILES string of the molecule is CCN(CC)Nc1cccc(-c2ccnc3[nH]ccc23)n1. The van der Waals surface area contributed by atoms with E-state index in [0.717, 1.165) is 41.2 Å². The Morgan fingerprint density at radius 3 is 2.81 bits per heavy atom. The summed E-state index contributed by atoms with van der Waals surface area (Å²) in [6.45, 7) is 6.10. The van der Waals surface area contributed by atoms with Gasteiger partial charge in [-0.15, -0.1) is 0 Å². The number of rotatable bonds is 5. The van der Waals surface area contributed by atoms with Crippen LogP contribution in [-0.4, -0.2) is 33.1 Å². The lowest BCUT2D eigenvalue weighted by atomic mass is 10.1. The van der Waals surface area contributed by atoms with Crippen LogP contribution in [0.3, 0.4) is 0 Å². The lowest BCUT2D eigenvalue weighted by Crippen LogP contribution is -2.29. The van der Waals surface area contributed by atoms with Crippen molar-refractivity contribution in [1.29, 1.82) is 0 Å². The summed E-state index contributed by atoms with van der Waals surface area (Å²) >= 11 is 0. The number of hydrogen-bond acceptors (Lipinski definition) is 4. The van der Waals surface area contributed by atoms with Crippen LogP contribution in [0.5, 0.6) is 0 Å². The van der Waals surface area contributed by atoms with Crippen molar-refractivity contribution >= 4 is 16.9 Å². The number of hydrazine groups is 1. The van der Waals surface area contributed by atoms with Crippen LogP contribution in [0.2, 0.25) is 0 Å². The number of aromatic nitrogens is 3. The Morgan fingerprint density at radius 2 is 2.00 bits per heavy atom. The number of anilines is 1. The third kappa shape index (κ3) is 2.73. The molecule has 0 aromatic carbocycles. The second-order valence-electron chi connectivity index (χ2n) is 4.79. The normalized spacial score (nSPS) is 11.2. The van der Waals surface area contributed by atoms with Crippen molar-refractivity contribution in [2.75, 3.05) is 18.5 Å². The molecule has 108 valence electrons. The predicted octanol–water partition coefficient (Wildman–Crippen LogP) is 3.29. The maximum atomic E-state index is 4.71. The fraction of sp³-hybridized carbons (Fsp3) is 0.250. The fourth-order valence-corrected chi connectivity index (χ4v) is 2.37. The van der Waals surface area contributed by atoms with Crippen LogP contribution >= 0.6 is 0 Å². The molecule has 5 nitrogen and oxygen atoms in total. The van der Waals surface area contributed by atoms with E-state index in [2.05, 4.69) is 34.3 Å². The predicted molar refractivity (Wildman–Crippen MR) is 85.9 cm³/mol. The van der Waals surface area contributed by atoms with Crippen molar-refractivity contribution in [2.24, 2.45) is 0 Å². The zero-order valence-corrected chi connectivity index (χ0v) is 12.3. The van der Waals surface area contributed by atoms with Crippen molar-refractivity contribution in [3.63, 3.8) is 0 Å². The summed E-state index contributed by atoms with van der Waals surface area (Å²) in [6, 6.07) is 10.1. The maximum absolute atomic E-state index is 4.71. The highest BCUT2D eigenvalue weighted by Crippen LogP contribution is 2.26. The highest BCUT2D eigenvalue weighted by molar-refractivity contribution is 5.91. The van der Waals surface area contributed by atoms with Crippen LogP contribution < -0.4 is 5.43 Å². The van der Waals surface area contributed by atoms with Gasteiger partial charge in [-0.25, -0.2) is 15.0 Å². The van der Waals surface area contributed by atoms with Crippen LogP contribution in [0, 0.1) is 0 Å². The Labute approximate surface area is 124 Å². The Bertz CT molecular complexity index is 730. The van der Waals surface area contributed by atoms with Gasteiger partial charge in [-0.1, -0.05) is 19.9 Å². The van der Waals surface area contributed by atoms with E-state index in [0.29, 0.717) is 0 Å². The number of pyridine rings is 2. The molecule has 0 radical (unpaired) electrons. The molecule has 21 heavy (non-hydrogen) atoms. The van der Waals surface area contributed by atoms with Gasteiger partial charge in [-0.2, -0.15) is 0 Å². The van der Waals surface area contributed by atoms with Crippen LogP contribution in [0.1, 0.15) is 13.8 Å². The van der Waals surface area contributed by atoms with Gasteiger partial charge in [0.1, 0.15) is 11.5 Å². The number of aromatic amines is 1. The molecule has 3 aromatic rings. The maximum Gasteiger partial charge on any atom is 0.141 e. The van der Waals surface area contributed by atoms with Gasteiger partial charge < -0.3 is 10.4 Å². The molecular weight excluding hydrogens is 262 g/mol. The molecule has 0 unspecified atom stereocenters. The molecule has 3 aromatic heterocycles. The lowest BCUT2D eigenvalue weighted by Gasteiger charge is -2.20. The monoisotopic (exact) mass is 281 g/mol. The summed E-state index contributed by atoms with van der Waals surface area (Å²) in [5, 5.41) is 3.20. The quantitative estimate of drug-likeness (QED) is 0.705. The molecule has 5 heteroatoms. The zero-order chi connectivity index (χ0) is 14.7. The number of hydrogen-bond donors (Lipinski definition) is 2. The second kappa shape index (κ2) is 5.93. The highest BCUT2D eigenvalue weighted by atomic mass is 15.5. The third-order valence-corrected chi connectivity index (χ3v) is 3.52. The van der Waals surface area contributed by atoms with E-state index in [1.54, 1.807) is 6.20 Å². The van der Waals surface area contributed by atoms with Gasteiger partial charge in [0, 0.05) is 36.4 Å². The first-order chi connectivity index (χ1) is 10.3. The summed E-state index contributed by atoms with van der Waals surface area (Å²) in [6.07, 6.45) is 3.71. The van der Waals surface area contributed by atoms with Gasteiger partial charge in [0.25, 0.3) is 0 Å². The Kier molecular flexibility index (Phi) is 3.83. The molecule has 0 saturated heterocycles. The largest absolute Gasteiger partial charge is 0.346 e. The van der Waals surface area contributed by atoms with E-state index < -0.39 is 0 Å². The second-order valence-corrected chi connectivity index (χ2v) is 4.79. The molecular formula is C16H19N5. The van der Waals surface area contributed by atoms with Gasteiger partial charge in [0.15, 0.2) is 0 Å². The van der Waals surface area contributed by atoms with Crippen molar-refractivity contribution in [2.45, 2.75) is 13.8 Å². The van der Waals surface area contributed by atoms with Gasteiger partial charge in [-0.3, -0.25) is 0 Å². The molecule has 2 N–H and O–H groups in total. The molecule has 3 heterocycles. The molecule has 0 amide bonds. The van der Waals surface area contributed by atoms with Gasteiger partial charge in [0.05, 0.1) is 5.69 Å². The smallest absolute Gasteiger partial charge is 0.141 e. The third-order valence-electron chi connectivity index (χ3n) is 3.52. The first-order valence-electron chi connectivity index (χ1n) is 7.23. The summed E-state index contributed by atoms with van der Waals surface area (Å²) < 4.78 is 0. The molecule has 0 atom stereocenters. The molecule has 0 fully saturated rings. The van der Waals surface area contributed by atoms with Crippen LogP contribution in [0.25, 0.3) is 22.3 Å². The van der Waals surface area contributed by atoms with E-state index in [4.69, 9.17) is 4.98 Å². The first kappa shape index (κ1) is 13.6. The highest BCUT2D eigenvalue weighted by Gasteiger charge is 2.08. The molecule has 0 aliphatic carbocycles. The Balaban J connectivity index is 1.98. The average Bonchev–Trinajstić information content (AvgIpc) is 3.01. The summed E-state index contributed by atoms with van der Waals surface area (Å²) in [5.41, 5.74) is 6.25. The average molecular weight is 281 g/mol. The van der Waals surface area contributed by atoms with E-state index in [-0.39, 0.29) is 0 Å². The van der Waals surface area contributed by atoms with Crippen LogP contribution in [0.4, 0.5) is 5.82 Å². The van der Waals surface area contributed by atoms with E-state index in [9.17, 15) is 0 Å². The standard InChI is InChI=1S/C16H19N5/c1-3-21(4-2)20-15-7-5-6-14(19-15)12-8-10-17-16-13(12)9-11-18-16/h5-11H,3-4H2,1-2H3,(H,17,18)(H,19,20). The minimum atomic E-state index is 0.858. The van der Waals surface area contributed by atoms with Crippen molar-refractivity contribution < 1.29 is 0 Å². The van der Waals surface area contributed by atoms with E-state index in [1.807, 2.05) is 36.5 Å². The lowest BCUT2D eigenvalue weighted by molar-refractivity contribution is 0.365. The topological polar surface area (TPSA) is 56.8 Å². The number of nitrogens with one attached hydrogen (secondary N) is 2. The summed E-state index contributed by atoms with van der Waals surface area (Å²) in [4.78, 5) is 12.2. The Morgan fingerprint density at radius 1 is 1.14 bits per heavy atom. The number of fused-ring (bicyclic) bond motifs is 1. The molecule has 0 saturated carbocycles. The Hall–Kier alpha value is -2.40. The van der Waals surface area contributed by atoms with E-state index in [1.165, 1.54) is 0 Å². The number of H-pyrrole nitrogens is 1. The molecule has 0 aliphatic rings. The first-order valence-corrected chi connectivity index (χ1v) is 7.23. The molecule has 0 bridgehead atoms. The summed E-state index contributed by atoms with van der Waals surface area (Å²) in [7, 11) is 0. The number of nitrogens with zero attached hydrogens (tertiary/aromatic N) is 3. The zero-order valence-electron chi connectivity index (χ0n) is 12.3. The minimum Gasteiger partial charge on any atom is -0.346 e. The minimum absolute atomic E-state index is 0.858. The molecule has 0 aliphatic heterocycles. The fourth-order valence-electron chi connectivity index (χ4n) is 2.37. The van der Waals surface area contributed by atoms with Crippen molar-refractivity contribution in [3.05, 3.63) is 42.7 Å². The van der Waals surface area contributed by atoms with Crippen molar-refractivity contribution in [3.8, 4) is 11.3 Å². The molecule has 0 spiro atoms. The molecule has 3 rings (SSSR count). The van der Waals surface area contributed by atoms with Gasteiger partial charge in [0.2, 0.25) is 0 Å². The van der Waals surface area contributed by atoms with E-state index >= 15 is 0 Å². The summed E-state index contributed by atoms with van der Waals surface area (Å²) in [5.74, 6) is 0.858. The van der Waals surface area contributed by atoms with Crippen molar-refractivity contribution in [1.82, 2.24) is 20.0 Å².